The number of carbonyl (C=O) groups is 2. The molecule has 0 spiro atoms. The summed E-state index contributed by atoms with van der Waals surface area (Å²) in [6.45, 7) is 6.44. The maximum absolute atomic E-state index is 14.3. The van der Waals surface area contributed by atoms with Gasteiger partial charge in [0.15, 0.2) is 0 Å². The molecule has 0 unspecified atom stereocenters. The lowest BCUT2D eigenvalue weighted by atomic mass is 9.93. The fraction of sp³-hybridized carbons (Fsp3) is 0.0732. The number of imide groups is 1. The van der Waals surface area contributed by atoms with Gasteiger partial charge >= 0.3 is 0 Å². The Hall–Kier alpha value is -5.74. The van der Waals surface area contributed by atoms with E-state index < -0.39 is 0 Å². The molecule has 6 aromatic carbocycles. The predicted molar refractivity (Wildman–Crippen MR) is 183 cm³/mol. The van der Waals surface area contributed by atoms with Crippen molar-refractivity contribution in [1.82, 2.24) is 4.57 Å². The maximum Gasteiger partial charge on any atom is 0.268 e. The van der Waals surface area contributed by atoms with Gasteiger partial charge in [-0.3, -0.25) is 9.59 Å². The third kappa shape index (κ3) is 4.14. The van der Waals surface area contributed by atoms with Crippen LogP contribution in [0.2, 0.25) is 0 Å². The lowest BCUT2D eigenvalue weighted by molar-refractivity contribution is 0.0926. The number of benzene rings is 6. The molecule has 1 aromatic heterocycles. The minimum absolute atomic E-state index is 0.311. The monoisotopic (exact) mass is 582 g/mol. The number of hydrogen-bond donors (Lipinski definition) is 0. The molecule has 4 heteroatoms. The van der Waals surface area contributed by atoms with E-state index in [0.29, 0.717) is 22.5 Å². The lowest BCUT2D eigenvalue weighted by Crippen LogP contribution is -2.29. The summed E-state index contributed by atoms with van der Waals surface area (Å²) in [4.78, 5) is 29.6. The summed E-state index contributed by atoms with van der Waals surface area (Å²) in [6, 6.07) is 42.5. The van der Waals surface area contributed by atoms with Crippen molar-refractivity contribution in [2.75, 3.05) is 4.90 Å². The zero-order valence-corrected chi connectivity index (χ0v) is 25.3. The van der Waals surface area contributed by atoms with E-state index in [1.807, 2.05) is 78.9 Å². The molecule has 0 bridgehead atoms. The van der Waals surface area contributed by atoms with Crippen LogP contribution in [0.4, 0.5) is 5.69 Å². The number of fused-ring (bicyclic) bond motifs is 4. The number of aryl methyl sites for hydroxylation is 3. The highest BCUT2D eigenvalue weighted by molar-refractivity contribution is 6.36. The molecule has 0 saturated carbocycles. The summed E-state index contributed by atoms with van der Waals surface area (Å²) < 4.78 is 2.15. The molecule has 0 aliphatic carbocycles. The largest absolute Gasteiger partial charge is 0.308 e. The van der Waals surface area contributed by atoms with Gasteiger partial charge in [-0.05, 0) is 90.6 Å². The van der Waals surface area contributed by atoms with Gasteiger partial charge in [0.25, 0.3) is 11.8 Å². The normalized spacial score (nSPS) is 12.8. The fourth-order valence-corrected chi connectivity index (χ4v) is 7.16. The molecule has 0 fully saturated rings. The Morgan fingerprint density at radius 3 is 1.98 bits per heavy atom. The molecule has 1 aliphatic heterocycles. The first-order valence-electron chi connectivity index (χ1n) is 15.2. The van der Waals surface area contributed by atoms with Crippen LogP contribution in [0.5, 0.6) is 0 Å². The molecule has 0 atom stereocenters. The van der Waals surface area contributed by atoms with Crippen LogP contribution in [0.25, 0.3) is 49.7 Å². The topological polar surface area (TPSA) is 42.3 Å². The number of carbonyl (C=O) groups excluding carboxylic acids is 2. The molecule has 2 amide bonds. The van der Waals surface area contributed by atoms with Gasteiger partial charge < -0.3 is 4.57 Å². The van der Waals surface area contributed by atoms with E-state index >= 15 is 0 Å². The highest BCUT2D eigenvalue weighted by Crippen LogP contribution is 2.40. The quantitative estimate of drug-likeness (QED) is 0.194. The third-order valence-corrected chi connectivity index (χ3v) is 8.98. The van der Waals surface area contributed by atoms with E-state index in [1.54, 1.807) is 6.07 Å². The first-order chi connectivity index (χ1) is 21.9. The summed E-state index contributed by atoms with van der Waals surface area (Å²) in [5.41, 5.74) is 12.1. The molecule has 1 aliphatic rings. The molecule has 45 heavy (non-hydrogen) atoms. The van der Waals surface area contributed by atoms with E-state index in [2.05, 4.69) is 67.8 Å². The second kappa shape index (κ2) is 10.2. The minimum atomic E-state index is -0.317. The van der Waals surface area contributed by atoms with Gasteiger partial charge in [0, 0.05) is 10.8 Å². The summed E-state index contributed by atoms with van der Waals surface area (Å²) in [7, 11) is 0. The van der Waals surface area contributed by atoms with Gasteiger partial charge in [-0.1, -0.05) is 96.6 Å². The van der Waals surface area contributed by atoms with Gasteiger partial charge in [0.05, 0.1) is 33.5 Å². The van der Waals surface area contributed by atoms with Gasteiger partial charge in [-0.15, -0.1) is 0 Å². The zero-order chi connectivity index (χ0) is 30.8. The van der Waals surface area contributed by atoms with Gasteiger partial charge in [0.1, 0.15) is 0 Å². The number of para-hydroxylation sites is 1. The van der Waals surface area contributed by atoms with E-state index in [1.165, 1.54) is 27.2 Å². The highest BCUT2D eigenvalue weighted by Gasteiger charge is 2.39. The molecule has 216 valence electrons. The zero-order valence-electron chi connectivity index (χ0n) is 25.3. The van der Waals surface area contributed by atoms with E-state index in [4.69, 9.17) is 0 Å². The number of amides is 2. The first kappa shape index (κ1) is 26.9. The van der Waals surface area contributed by atoms with Crippen molar-refractivity contribution >= 4 is 39.3 Å². The van der Waals surface area contributed by atoms with Gasteiger partial charge in [-0.25, -0.2) is 4.90 Å². The summed E-state index contributed by atoms with van der Waals surface area (Å²) in [5.74, 6) is -0.627. The van der Waals surface area contributed by atoms with E-state index in [0.717, 1.165) is 38.5 Å². The Bertz CT molecular complexity index is 2320. The van der Waals surface area contributed by atoms with Crippen LogP contribution in [0.3, 0.4) is 0 Å². The van der Waals surface area contributed by atoms with Crippen LogP contribution in [0.15, 0.2) is 127 Å². The number of nitrogens with zero attached hydrogens (tertiary/aromatic N) is 2. The molecular weight excluding hydrogens is 552 g/mol. The molecule has 2 heterocycles. The molecule has 0 saturated heterocycles. The predicted octanol–water partition coefficient (Wildman–Crippen LogP) is 9.84. The number of aromatic nitrogens is 1. The number of hydrogen-bond acceptors (Lipinski definition) is 2. The number of rotatable bonds is 4. The van der Waals surface area contributed by atoms with E-state index in [9.17, 15) is 9.59 Å². The Balaban J connectivity index is 1.33. The first-order valence-corrected chi connectivity index (χ1v) is 15.2. The summed E-state index contributed by atoms with van der Waals surface area (Å²) in [5, 5.41) is 2.19. The van der Waals surface area contributed by atoms with Crippen LogP contribution in [0, 0.1) is 20.8 Å². The third-order valence-electron chi connectivity index (χ3n) is 8.98. The molecular formula is C41H30N2O2. The van der Waals surface area contributed by atoms with Crippen molar-refractivity contribution in [3.8, 4) is 27.9 Å². The minimum Gasteiger partial charge on any atom is -0.308 e. The van der Waals surface area contributed by atoms with Crippen LogP contribution in [-0.2, 0) is 0 Å². The number of anilines is 1. The smallest absolute Gasteiger partial charge is 0.268 e. The summed E-state index contributed by atoms with van der Waals surface area (Å²) in [6.07, 6.45) is 0. The highest BCUT2D eigenvalue weighted by atomic mass is 16.2. The lowest BCUT2D eigenvalue weighted by Gasteiger charge is -2.16. The van der Waals surface area contributed by atoms with Gasteiger partial charge in [-0.2, -0.15) is 0 Å². The van der Waals surface area contributed by atoms with Crippen molar-refractivity contribution in [3.63, 3.8) is 0 Å². The van der Waals surface area contributed by atoms with Crippen molar-refractivity contribution in [1.29, 1.82) is 0 Å². The van der Waals surface area contributed by atoms with Gasteiger partial charge in [0.2, 0.25) is 0 Å². The molecule has 8 rings (SSSR count). The summed E-state index contributed by atoms with van der Waals surface area (Å²) >= 11 is 0. The maximum atomic E-state index is 14.3. The average molecular weight is 583 g/mol. The van der Waals surface area contributed by atoms with Crippen LogP contribution in [-0.4, -0.2) is 16.4 Å². The molecule has 7 aromatic rings. The standard InChI is InChI=1S/C41H30N2O2/c1-25-21-26(2)38(27(3)22-25)30-19-20-33-32-15-7-8-17-35(32)43(37(33)24-30)36-18-10-16-34-39(36)41(45)42(40(34)44)31-14-9-13-29(23-31)28-11-5-4-6-12-28/h4-24H,1-3H3. The van der Waals surface area contributed by atoms with Crippen LogP contribution in [0.1, 0.15) is 37.4 Å². The molecule has 0 radical (unpaired) electrons. The van der Waals surface area contributed by atoms with Crippen molar-refractivity contribution in [2.45, 2.75) is 20.8 Å². The Labute approximate surface area is 261 Å². The Morgan fingerprint density at radius 2 is 1.18 bits per heavy atom. The SMILES string of the molecule is Cc1cc(C)c(-c2ccc3c4ccccc4n(-c4cccc5c4C(=O)N(c4cccc(-c6ccccc6)c4)C5=O)c3c2)c(C)c1. The Kier molecular flexibility index (Phi) is 6.07. The van der Waals surface area contributed by atoms with Crippen molar-refractivity contribution in [2.24, 2.45) is 0 Å². The fourth-order valence-electron chi connectivity index (χ4n) is 7.16. The second-order valence-electron chi connectivity index (χ2n) is 11.9. The van der Waals surface area contributed by atoms with Crippen LogP contribution < -0.4 is 4.90 Å². The molecule has 4 nitrogen and oxygen atoms in total. The van der Waals surface area contributed by atoms with Crippen LogP contribution >= 0.6 is 0 Å². The Morgan fingerprint density at radius 1 is 0.489 bits per heavy atom. The average Bonchev–Trinajstić information content (AvgIpc) is 3.51. The second-order valence-corrected chi connectivity index (χ2v) is 11.9. The van der Waals surface area contributed by atoms with Crippen molar-refractivity contribution < 1.29 is 9.59 Å². The molecule has 0 N–H and O–H groups in total. The van der Waals surface area contributed by atoms with Crippen molar-refractivity contribution in [3.05, 3.63) is 155 Å². The van der Waals surface area contributed by atoms with E-state index in [-0.39, 0.29) is 11.8 Å².